The number of aromatic carboxylic acids is 1. The molecule has 0 unspecified atom stereocenters. The van der Waals surface area contributed by atoms with Gasteiger partial charge in [-0.2, -0.15) is 0 Å². The minimum atomic E-state index is -1.30. The Labute approximate surface area is 147 Å². The van der Waals surface area contributed by atoms with E-state index in [2.05, 4.69) is 12.1 Å². The fourth-order valence-electron chi connectivity index (χ4n) is 2.78. The molecule has 5 heteroatoms. The molecule has 0 amide bonds. The van der Waals surface area contributed by atoms with Crippen molar-refractivity contribution in [2.45, 2.75) is 11.3 Å². The van der Waals surface area contributed by atoms with Gasteiger partial charge in [-0.25, -0.2) is 9.18 Å². The number of halogens is 1. The van der Waals surface area contributed by atoms with E-state index in [1.807, 2.05) is 24.3 Å². The first-order valence-electron chi connectivity index (χ1n) is 7.69. The lowest BCUT2D eigenvalue weighted by Gasteiger charge is -2.01. The molecule has 0 atom stereocenters. The van der Waals surface area contributed by atoms with Crippen LogP contribution in [0.15, 0.2) is 68.8 Å². The standard InChI is InChI=1S/C20H13FO3S/c21-17-7-5-12(10-16(17)20(22)23)18-8-6-14(24-18)11-15-9-13-3-1-2-4-19(13)25-15/h1-8,10-11H,9H2,(H,22,23)/b15-11-. The molecular formula is C20H13FO3S. The summed E-state index contributed by atoms with van der Waals surface area (Å²) in [6.45, 7) is 0. The Morgan fingerprint density at radius 3 is 2.80 bits per heavy atom. The van der Waals surface area contributed by atoms with Gasteiger partial charge in [0.15, 0.2) is 0 Å². The molecule has 1 aliphatic rings. The average Bonchev–Trinajstić information content (AvgIpc) is 3.21. The molecule has 0 bridgehead atoms. The second kappa shape index (κ2) is 6.26. The van der Waals surface area contributed by atoms with Gasteiger partial charge < -0.3 is 9.52 Å². The van der Waals surface area contributed by atoms with Crippen molar-refractivity contribution in [2.24, 2.45) is 0 Å². The molecule has 0 radical (unpaired) electrons. The lowest BCUT2D eigenvalue weighted by molar-refractivity contribution is 0.0692. The number of hydrogen-bond acceptors (Lipinski definition) is 3. The van der Waals surface area contributed by atoms with Crippen LogP contribution in [0.3, 0.4) is 0 Å². The summed E-state index contributed by atoms with van der Waals surface area (Å²) in [6.07, 6.45) is 2.85. The van der Waals surface area contributed by atoms with Gasteiger partial charge >= 0.3 is 5.97 Å². The Hall–Kier alpha value is -2.79. The van der Waals surface area contributed by atoms with E-state index in [9.17, 15) is 9.18 Å². The van der Waals surface area contributed by atoms with Gasteiger partial charge in [0.25, 0.3) is 0 Å². The van der Waals surface area contributed by atoms with Crippen molar-refractivity contribution < 1.29 is 18.7 Å². The largest absolute Gasteiger partial charge is 0.478 e. The summed E-state index contributed by atoms with van der Waals surface area (Å²) in [5.41, 5.74) is 1.47. The third-order valence-corrected chi connectivity index (χ3v) is 5.13. The molecule has 25 heavy (non-hydrogen) atoms. The number of carbonyl (C=O) groups is 1. The third kappa shape index (κ3) is 3.10. The molecule has 124 valence electrons. The first-order chi connectivity index (χ1) is 12.1. The van der Waals surface area contributed by atoms with Crippen LogP contribution < -0.4 is 0 Å². The fraction of sp³-hybridized carbons (Fsp3) is 0.0500. The third-order valence-electron chi connectivity index (χ3n) is 3.99. The quantitative estimate of drug-likeness (QED) is 0.679. The van der Waals surface area contributed by atoms with Crippen molar-refractivity contribution >= 4 is 23.8 Å². The van der Waals surface area contributed by atoms with E-state index < -0.39 is 11.8 Å². The van der Waals surface area contributed by atoms with Crippen LogP contribution in [0.2, 0.25) is 0 Å². The zero-order chi connectivity index (χ0) is 17.4. The highest BCUT2D eigenvalue weighted by molar-refractivity contribution is 8.03. The molecule has 0 aliphatic carbocycles. The molecule has 4 rings (SSSR count). The molecule has 0 fully saturated rings. The Morgan fingerprint density at radius 2 is 2.00 bits per heavy atom. The summed E-state index contributed by atoms with van der Waals surface area (Å²) in [5, 5.41) is 9.03. The second-order valence-electron chi connectivity index (χ2n) is 5.70. The van der Waals surface area contributed by atoms with Crippen molar-refractivity contribution in [3.63, 3.8) is 0 Å². The molecule has 1 aliphatic heterocycles. The number of carboxylic acid groups (broad SMARTS) is 1. The van der Waals surface area contributed by atoms with Gasteiger partial charge in [0.05, 0.1) is 5.56 Å². The maximum atomic E-state index is 13.5. The summed E-state index contributed by atoms with van der Waals surface area (Å²) in [4.78, 5) is 13.5. The van der Waals surface area contributed by atoms with E-state index in [0.29, 0.717) is 17.1 Å². The Kier molecular flexibility index (Phi) is 3.93. The topological polar surface area (TPSA) is 50.4 Å². The number of fused-ring (bicyclic) bond motifs is 1. The van der Waals surface area contributed by atoms with Gasteiger partial charge in [-0.3, -0.25) is 0 Å². The van der Waals surface area contributed by atoms with E-state index >= 15 is 0 Å². The van der Waals surface area contributed by atoms with Gasteiger partial charge in [-0.05, 0) is 52.9 Å². The number of benzene rings is 2. The Morgan fingerprint density at radius 1 is 1.16 bits per heavy atom. The lowest BCUT2D eigenvalue weighted by Crippen LogP contribution is -2.00. The van der Waals surface area contributed by atoms with Crippen LogP contribution in [0.1, 0.15) is 21.7 Å². The molecule has 2 aromatic carbocycles. The Bertz CT molecular complexity index is 977. The SMILES string of the molecule is O=C(O)c1cc(-c2ccc(/C=C3/Cc4ccccc4S3)o2)ccc1F. The van der Waals surface area contributed by atoms with E-state index in [-0.39, 0.29) is 5.56 Å². The second-order valence-corrected chi connectivity index (χ2v) is 6.87. The van der Waals surface area contributed by atoms with Crippen LogP contribution in [0.25, 0.3) is 17.4 Å². The Balaban J connectivity index is 1.61. The first kappa shape index (κ1) is 15.7. The molecule has 0 spiro atoms. The molecule has 1 aromatic heterocycles. The van der Waals surface area contributed by atoms with Crippen LogP contribution >= 0.6 is 11.8 Å². The monoisotopic (exact) mass is 352 g/mol. The summed E-state index contributed by atoms with van der Waals surface area (Å²) in [5.74, 6) is -0.861. The minimum absolute atomic E-state index is 0.365. The minimum Gasteiger partial charge on any atom is -0.478 e. The first-order valence-corrected chi connectivity index (χ1v) is 8.51. The number of carboxylic acids is 1. The van der Waals surface area contributed by atoms with E-state index in [0.717, 1.165) is 12.5 Å². The van der Waals surface area contributed by atoms with Crippen LogP contribution in [0.4, 0.5) is 4.39 Å². The lowest BCUT2D eigenvalue weighted by atomic mass is 10.1. The van der Waals surface area contributed by atoms with Crippen molar-refractivity contribution in [1.82, 2.24) is 0 Å². The summed E-state index contributed by atoms with van der Waals surface area (Å²) < 4.78 is 19.3. The maximum absolute atomic E-state index is 13.5. The van der Waals surface area contributed by atoms with Crippen molar-refractivity contribution in [3.05, 3.63) is 82.2 Å². The van der Waals surface area contributed by atoms with Gasteiger partial charge in [0.2, 0.25) is 0 Å². The fourth-order valence-corrected chi connectivity index (χ4v) is 3.88. The number of allylic oxidation sites excluding steroid dienone is 1. The predicted molar refractivity (Wildman–Crippen MR) is 95.0 cm³/mol. The normalized spacial score (nSPS) is 14.7. The molecule has 0 saturated heterocycles. The highest BCUT2D eigenvalue weighted by atomic mass is 32.2. The van der Waals surface area contributed by atoms with Gasteiger partial charge in [0.1, 0.15) is 17.3 Å². The number of hydrogen-bond donors (Lipinski definition) is 1. The summed E-state index contributed by atoms with van der Waals surface area (Å²) in [7, 11) is 0. The zero-order valence-corrected chi connectivity index (χ0v) is 13.8. The predicted octanol–water partition coefficient (Wildman–Crippen LogP) is 5.47. The average molecular weight is 352 g/mol. The number of thioether (sulfide) groups is 1. The van der Waals surface area contributed by atoms with Crippen LogP contribution in [-0.2, 0) is 6.42 Å². The smallest absolute Gasteiger partial charge is 0.338 e. The molecule has 3 nitrogen and oxygen atoms in total. The van der Waals surface area contributed by atoms with Crippen LogP contribution in [-0.4, -0.2) is 11.1 Å². The number of rotatable bonds is 3. The highest BCUT2D eigenvalue weighted by Gasteiger charge is 2.17. The van der Waals surface area contributed by atoms with Crippen molar-refractivity contribution in [3.8, 4) is 11.3 Å². The summed E-state index contributed by atoms with van der Waals surface area (Å²) >= 11 is 1.72. The zero-order valence-electron chi connectivity index (χ0n) is 13.0. The molecule has 0 saturated carbocycles. The highest BCUT2D eigenvalue weighted by Crippen LogP contribution is 2.41. The van der Waals surface area contributed by atoms with Crippen LogP contribution in [0, 0.1) is 5.82 Å². The molecule has 1 N–H and O–H groups in total. The van der Waals surface area contributed by atoms with Gasteiger partial charge in [-0.1, -0.05) is 30.0 Å². The van der Waals surface area contributed by atoms with E-state index in [1.54, 1.807) is 17.8 Å². The molecule has 3 aromatic rings. The molecule has 2 heterocycles. The van der Waals surface area contributed by atoms with Gasteiger partial charge in [-0.15, -0.1) is 0 Å². The maximum Gasteiger partial charge on any atom is 0.338 e. The van der Waals surface area contributed by atoms with Crippen molar-refractivity contribution in [1.29, 1.82) is 0 Å². The van der Waals surface area contributed by atoms with Gasteiger partial charge in [0, 0.05) is 16.9 Å². The number of furan rings is 1. The van der Waals surface area contributed by atoms with Crippen LogP contribution in [0.5, 0.6) is 0 Å². The molecular weight excluding hydrogens is 339 g/mol. The van der Waals surface area contributed by atoms with Crippen molar-refractivity contribution in [2.75, 3.05) is 0 Å². The van der Waals surface area contributed by atoms with E-state index in [4.69, 9.17) is 9.52 Å². The van der Waals surface area contributed by atoms with E-state index in [1.165, 1.54) is 27.5 Å². The summed E-state index contributed by atoms with van der Waals surface area (Å²) in [6, 6.07) is 15.8.